The molecule has 2 rings (SSSR count). The summed E-state index contributed by atoms with van der Waals surface area (Å²) in [5.74, 6) is 5.41. The lowest BCUT2D eigenvalue weighted by Gasteiger charge is -2.07. The summed E-state index contributed by atoms with van der Waals surface area (Å²) in [6.45, 7) is 2.20. The number of aryl methyl sites for hydroxylation is 1. The van der Waals surface area contributed by atoms with Crippen molar-refractivity contribution in [2.75, 3.05) is 11.9 Å². The third-order valence-corrected chi connectivity index (χ3v) is 2.72. The molecule has 1 heterocycles. The van der Waals surface area contributed by atoms with Gasteiger partial charge in [0.25, 0.3) is 5.91 Å². The average molecular weight is 281 g/mol. The smallest absolute Gasteiger partial charge is 0.257 e. The molecule has 0 aliphatic carbocycles. The van der Waals surface area contributed by atoms with Crippen molar-refractivity contribution in [3.8, 4) is 11.8 Å². The second-order valence-corrected chi connectivity index (χ2v) is 4.49. The van der Waals surface area contributed by atoms with E-state index in [0.717, 1.165) is 11.1 Å². The Balaban J connectivity index is 2.22. The van der Waals surface area contributed by atoms with Gasteiger partial charge in [0.1, 0.15) is 0 Å². The highest BCUT2D eigenvalue weighted by Crippen LogP contribution is 2.14. The van der Waals surface area contributed by atoms with Crippen molar-refractivity contribution in [1.29, 1.82) is 0 Å². The van der Waals surface area contributed by atoms with Crippen molar-refractivity contribution in [2.24, 2.45) is 5.73 Å². The summed E-state index contributed by atoms with van der Waals surface area (Å²) in [6, 6.07) is 8.32. The lowest BCUT2D eigenvalue weighted by Crippen LogP contribution is -2.14. The number of carbonyl (C=O) groups is 1. The molecule has 0 aliphatic rings. The molecule has 0 unspecified atom stereocenters. The van der Waals surface area contributed by atoms with E-state index in [9.17, 15) is 9.59 Å². The summed E-state index contributed by atoms with van der Waals surface area (Å²) < 4.78 is 0. The van der Waals surface area contributed by atoms with E-state index in [1.165, 1.54) is 18.3 Å². The van der Waals surface area contributed by atoms with E-state index >= 15 is 0 Å². The highest BCUT2D eigenvalue weighted by molar-refractivity contribution is 6.04. The van der Waals surface area contributed by atoms with Gasteiger partial charge in [-0.15, -0.1) is 0 Å². The first kappa shape index (κ1) is 14.6. The Labute approximate surface area is 122 Å². The zero-order valence-corrected chi connectivity index (χ0v) is 11.6. The number of aromatic amines is 1. The van der Waals surface area contributed by atoms with Crippen LogP contribution in [0, 0.1) is 18.8 Å². The van der Waals surface area contributed by atoms with Crippen LogP contribution in [0.4, 0.5) is 5.69 Å². The molecule has 5 nitrogen and oxygen atoms in total. The predicted molar refractivity (Wildman–Crippen MR) is 82.1 cm³/mol. The number of benzene rings is 1. The van der Waals surface area contributed by atoms with Crippen LogP contribution in [0.5, 0.6) is 0 Å². The first-order chi connectivity index (χ1) is 10.1. The van der Waals surface area contributed by atoms with Crippen molar-refractivity contribution in [1.82, 2.24) is 4.98 Å². The average Bonchev–Trinajstić information content (AvgIpc) is 2.45. The lowest BCUT2D eigenvalue weighted by molar-refractivity contribution is 0.102. The Kier molecular flexibility index (Phi) is 4.54. The van der Waals surface area contributed by atoms with Crippen LogP contribution in [0.1, 0.15) is 21.5 Å². The summed E-state index contributed by atoms with van der Waals surface area (Å²) in [5, 5.41) is 2.78. The zero-order chi connectivity index (χ0) is 15.2. The number of anilines is 1. The third kappa shape index (κ3) is 4.06. The third-order valence-electron chi connectivity index (χ3n) is 2.72. The van der Waals surface area contributed by atoms with Crippen LogP contribution in [0.25, 0.3) is 0 Å². The number of pyridine rings is 1. The molecule has 1 aromatic heterocycles. The number of hydrogen-bond donors (Lipinski definition) is 3. The van der Waals surface area contributed by atoms with Crippen LogP contribution >= 0.6 is 0 Å². The molecule has 0 fully saturated rings. The number of hydrogen-bond acceptors (Lipinski definition) is 3. The summed E-state index contributed by atoms with van der Waals surface area (Å²) in [5.41, 5.74) is 7.90. The molecule has 0 bridgehead atoms. The van der Waals surface area contributed by atoms with Gasteiger partial charge in [0.15, 0.2) is 0 Å². The Bertz CT molecular complexity index is 762. The minimum absolute atomic E-state index is 0.249. The largest absolute Gasteiger partial charge is 0.328 e. The Morgan fingerprint density at radius 3 is 2.81 bits per heavy atom. The molecule has 0 spiro atoms. The van der Waals surface area contributed by atoms with E-state index < -0.39 is 0 Å². The van der Waals surface area contributed by atoms with E-state index in [4.69, 9.17) is 5.73 Å². The quantitative estimate of drug-likeness (QED) is 0.724. The van der Waals surface area contributed by atoms with Crippen molar-refractivity contribution < 1.29 is 4.79 Å². The van der Waals surface area contributed by atoms with Gasteiger partial charge in [-0.25, -0.2) is 0 Å². The maximum atomic E-state index is 12.1. The molecule has 5 heteroatoms. The minimum atomic E-state index is -0.297. The molecule has 0 saturated heterocycles. The summed E-state index contributed by atoms with van der Waals surface area (Å²) in [7, 11) is 0. The van der Waals surface area contributed by atoms with Crippen molar-refractivity contribution >= 4 is 11.6 Å². The van der Waals surface area contributed by atoms with Crippen LogP contribution in [-0.4, -0.2) is 17.4 Å². The predicted octanol–water partition coefficient (Wildman–Crippen LogP) is 1.25. The summed E-state index contributed by atoms with van der Waals surface area (Å²) in [6.07, 6.45) is 1.38. The van der Waals surface area contributed by atoms with Crippen molar-refractivity contribution in [2.45, 2.75) is 6.92 Å². The number of H-pyrrole nitrogens is 1. The molecule has 0 radical (unpaired) electrons. The molecule has 4 N–H and O–H groups in total. The molecule has 2 aromatic rings. The standard InChI is InChI=1S/C16H15N3O2/c1-11-7-12(3-2-6-17)9-14(8-11)19-16(21)13-4-5-15(20)18-10-13/h4-5,7-10H,6,17H2,1H3,(H,18,20)(H,19,21). The zero-order valence-electron chi connectivity index (χ0n) is 11.6. The van der Waals surface area contributed by atoms with E-state index in [1.807, 2.05) is 19.1 Å². The Morgan fingerprint density at radius 2 is 2.14 bits per heavy atom. The lowest BCUT2D eigenvalue weighted by atomic mass is 10.1. The fourth-order valence-electron chi connectivity index (χ4n) is 1.84. The first-order valence-corrected chi connectivity index (χ1v) is 6.39. The second kappa shape index (κ2) is 6.55. The van der Waals surface area contributed by atoms with Gasteiger partial charge in [-0.1, -0.05) is 11.8 Å². The van der Waals surface area contributed by atoms with Gasteiger partial charge in [0, 0.05) is 23.5 Å². The van der Waals surface area contributed by atoms with E-state index in [1.54, 1.807) is 6.07 Å². The number of carbonyl (C=O) groups excluding carboxylic acids is 1. The van der Waals surface area contributed by atoms with E-state index in [-0.39, 0.29) is 18.0 Å². The number of aromatic nitrogens is 1. The van der Waals surface area contributed by atoms with Gasteiger partial charge in [-0.05, 0) is 36.8 Å². The van der Waals surface area contributed by atoms with Crippen LogP contribution in [0.3, 0.4) is 0 Å². The Morgan fingerprint density at radius 1 is 1.33 bits per heavy atom. The number of amides is 1. The highest BCUT2D eigenvalue weighted by atomic mass is 16.1. The monoisotopic (exact) mass is 281 g/mol. The van der Waals surface area contributed by atoms with Gasteiger partial charge >= 0.3 is 0 Å². The van der Waals surface area contributed by atoms with Crippen LogP contribution in [0.2, 0.25) is 0 Å². The molecule has 1 amide bonds. The molecular formula is C16H15N3O2. The molecule has 0 aliphatic heterocycles. The molecule has 21 heavy (non-hydrogen) atoms. The Hall–Kier alpha value is -2.84. The number of rotatable bonds is 2. The SMILES string of the molecule is Cc1cc(C#CCN)cc(NC(=O)c2ccc(=O)[nH]c2)c1. The first-order valence-electron chi connectivity index (χ1n) is 6.39. The second-order valence-electron chi connectivity index (χ2n) is 4.49. The number of nitrogens with two attached hydrogens (primary N) is 1. The normalized spacial score (nSPS) is 9.62. The van der Waals surface area contributed by atoms with Gasteiger partial charge in [-0.2, -0.15) is 0 Å². The maximum Gasteiger partial charge on any atom is 0.257 e. The molecular weight excluding hydrogens is 266 g/mol. The van der Waals surface area contributed by atoms with Gasteiger partial charge in [0.2, 0.25) is 5.56 Å². The van der Waals surface area contributed by atoms with Crippen LogP contribution < -0.4 is 16.6 Å². The molecule has 0 atom stereocenters. The van der Waals surface area contributed by atoms with E-state index in [0.29, 0.717) is 11.3 Å². The topological polar surface area (TPSA) is 88.0 Å². The van der Waals surface area contributed by atoms with Crippen LogP contribution in [0.15, 0.2) is 41.3 Å². The van der Waals surface area contributed by atoms with Gasteiger partial charge in [0.05, 0.1) is 12.1 Å². The molecule has 1 aromatic carbocycles. The fraction of sp³-hybridized carbons (Fsp3) is 0.125. The molecule has 106 valence electrons. The van der Waals surface area contributed by atoms with E-state index in [2.05, 4.69) is 22.1 Å². The van der Waals surface area contributed by atoms with Gasteiger partial charge in [-0.3, -0.25) is 9.59 Å². The van der Waals surface area contributed by atoms with Crippen molar-refractivity contribution in [3.05, 3.63) is 63.6 Å². The minimum Gasteiger partial charge on any atom is -0.328 e. The fourth-order valence-corrected chi connectivity index (χ4v) is 1.84. The van der Waals surface area contributed by atoms with Crippen LogP contribution in [-0.2, 0) is 0 Å². The highest BCUT2D eigenvalue weighted by Gasteiger charge is 2.06. The van der Waals surface area contributed by atoms with Crippen molar-refractivity contribution in [3.63, 3.8) is 0 Å². The maximum absolute atomic E-state index is 12.1. The number of nitrogens with one attached hydrogen (secondary N) is 2. The summed E-state index contributed by atoms with van der Waals surface area (Å²) >= 11 is 0. The summed E-state index contributed by atoms with van der Waals surface area (Å²) in [4.78, 5) is 25.5. The molecule has 0 saturated carbocycles. The van der Waals surface area contributed by atoms with Gasteiger partial charge < -0.3 is 16.0 Å².